The minimum Gasteiger partial charge on any atom is -0.455 e. The van der Waals surface area contributed by atoms with Gasteiger partial charge in [-0.25, -0.2) is 4.98 Å². The van der Waals surface area contributed by atoms with Gasteiger partial charge in [-0.1, -0.05) is 35.3 Å². The van der Waals surface area contributed by atoms with Gasteiger partial charge in [-0.2, -0.15) is 4.98 Å². The van der Waals surface area contributed by atoms with E-state index in [2.05, 4.69) is 38.8 Å². The number of hydrogen-bond donors (Lipinski definition) is 2. The number of halogens is 2. The van der Waals surface area contributed by atoms with E-state index in [0.29, 0.717) is 27.6 Å². The van der Waals surface area contributed by atoms with Gasteiger partial charge in [0.15, 0.2) is 6.73 Å². The number of para-hydroxylation sites is 1. The topological polar surface area (TPSA) is 79.4 Å². The van der Waals surface area contributed by atoms with Crippen molar-refractivity contribution >= 4 is 46.4 Å². The van der Waals surface area contributed by atoms with Crippen LogP contribution in [0, 0.1) is 5.92 Å². The lowest BCUT2D eigenvalue weighted by Gasteiger charge is -2.29. The van der Waals surface area contributed by atoms with Gasteiger partial charge in [0.1, 0.15) is 5.56 Å². The molecular formula is C27H27Cl2N5O2. The molecule has 3 heterocycles. The average molecular weight is 524 g/mol. The normalized spacial score (nSPS) is 18.1. The van der Waals surface area contributed by atoms with Gasteiger partial charge in [-0.15, -0.1) is 0 Å². The minimum absolute atomic E-state index is 0.0395. The molecule has 0 bridgehead atoms. The molecule has 2 N–H and O–H groups in total. The second-order valence-corrected chi connectivity index (χ2v) is 10.5. The summed E-state index contributed by atoms with van der Waals surface area (Å²) in [6.07, 6.45) is 7.61. The van der Waals surface area contributed by atoms with Crippen LogP contribution in [0.5, 0.6) is 5.88 Å². The van der Waals surface area contributed by atoms with Crippen molar-refractivity contribution in [2.75, 3.05) is 30.0 Å². The molecule has 1 saturated carbocycles. The average Bonchev–Trinajstić information content (AvgIpc) is 3.70. The van der Waals surface area contributed by atoms with Crippen LogP contribution in [0.2, 0.25) is 10.0 Å². The van der Waals surface area contributed by atoms with E-state index in [4.69, 9.17) is 27.9 Å². The largest absolute Gasteiger partial charge is 0.455 e. The third-order valence-electron chi connectivity index (χ3n) is 7.15. The summed E-state index contributed by atoms with van der Waals surface area (Å²) in [6, 6.07) is 11.7. The number of nitrogens with zero attached hydrogens (tertiary/aromatic N) is 3. The summed E-state index contributed by atoms with van der Waals surface area (Å²) in [5.41, 5.74) is 4.52. The smallest absolute Gasteiger partial charge is 0.268 e. The van der Waals surface area contributed by atoms with Gasteiger partial charge in [-0.05, 0) is 92.4 Å². The van der Waals surface area contributed by atoms with Crippen molar-refractivity contribution in [2.24, 2.45) is 5.92 Å². The number of rotatable bonds is 6. The lowest BCUT2D eigenvalue weighted by atomic mass is 9.85. The number of aromatic nitrogens is 2. The Labute approximate surface area is 220 Å². The Hall–Kier alpha value is -2.87. The number of benzene rings is 2. The van der Waals surface area contributed by atoms with Crippen LogP contribution in [-0.2, 0) is 6.42 Å². The fourth-order valence-corrected chi connectivity index (χ4v) is 5.68. The molecule has 0 unspecified atom stereocenters. The van der Waals surface area contributed by atoms with Crippen LogP contribution in [0.3, 0.4) is 0 Å². The van der Waals surface area contributed by atoms with Crippen molar-refractivity contribution < 1.29 is 9.53 Å². The Morgan fingerprint density at radius 3 is 2.61 bits per heavy atom. The quantitative estimate of drug-likeness (QED) is 0.416. The van der Waals surface area contributed by atoms with Crippen molar-refractivity contribution in [3.05, 3.63) is 69.3 Å². The summed E-state index contributed by atoms with van der Waals surface area (Å²) in [5, 5.41) is 7.52. The van der Waals surface area contributed by atoms with Crippen molar-refractivity contribution in [2.45, 2.75) is 38.0 Å². The highest BCUT2D eigenvalue weighted by atomic mass is 35.5. The monoisotopic (exact) mass is 523 g/mol. The second kappa shape index (κ2) is 9.88. The van der Waals surface area contributed by atoms with Gasteiger partial charge < -0.3 is 15.4 Å². The highest BCUT2D eigenvalue weighted by Gasteiger charge is 2.31. The van der Waals surface area contributed by atoms with Gasteiger partial charge >= 0.3 is 0 Å². The van der Waals surface area contributed by atoms with Crippen LogP contribution in [0.25, 0.3) is 0 Å². The Morgan fingerprint density at radius 2 is 1.86 bits per heavy atom. The molecule has 1 aromatic heterocycles. The molecule has 6 rings (SSSR count). The SMILES string of the molecule is O=C1c2cnc(Nc3ccc(C4CCNCC4)c(CC4CC4)c3)nc2OCN1c1c(Cl)cccc1Cl. The highest BCUT2D eigenvalue weighted by Crippen LogP contribution is 2.39. The van der Waals surface area contributed by atoms with Crippen molar-refractivity contribution in [3.63, 3.8) is 0 Å². The molecule has 7 nitrogen and oxygen atoms in total. The summed E-state index contributed by atoms with van der Waals surface area (Å²) in [5.74, 6) is 1.73. The van der Waals surface area contributed by atoms with Crippen molar-refractivity contribution in [1.82, 2.24) is 15.3 Å². The van der Waals surface area contributed by atoms with E-state index in [0.717, 1.165) is 31.1 Å². The first kappa shape index (κ1) is 23.5. The third-order valence-corrected chi connectivity index (χ3v) is 7.76. The zero-order valence-corrected chi connectivity index (χ0v) is 21.3. The number of ether oxygens (including phenoxy) is 1. The van der Waals surface area contributed by atoms with E-state index in [1.807, 2.05) is 0 Å². The fraction of sp³-hybridized carbons (Fsp3) is 0.370. The molecule has 9 heteroatoms. The maximum absolute atomic E-state index is 13.2. The molecule has 1 saturated heterocycles. The lowest BCUT2D eigenvalue weighted by molar-refractivity contribution is 0.0932. The Balaban J connectivity index is 1.23. The van der Waals surface area contributed by atoms with Gasteiger partial charge in [0, 0.05) is 11.9 Å². The molecule has 36 heavy (non-hydrogen) atoms. The fourth-order valence-electron chi connectivity index (χ4n) is 5.08. The van der Waals surface area contributed by atoms with Crippen LogP contribution in [0.15, 0.2) is 42.6 Å². The van der Waals surface area contributed by atoms with E-state index in [1.54, 1.807) is 18.2 Å². The Morgan fingerprint density at radius 1 is 1.08 bits per heavy atom. The zero-order chi connectivity index (χ0) is 24.6. The molecule has 2 fully saturated rings. The van der Waals surface area contributed by atoms with Crippen LogP contribution in [-0.4, -0.2) is 35.7 Å². The molecule has 2 aromatic carbocycles. The Bertz CT molecular complexity index is 1290. The summed E-state index contributed by atoms with van der Waals surface area (Å²) in [7, 11) is 0. The molecule has 1 aliphatic carbocycles. The molecule has 0 spiro atoms. The maximum Gasteiger partial charge on any atom is 0.268 e. The van der Waals surface area contributed by atoms with Crippen molar-refractivity contribution in [3.8, 4) is 5.88 Å². The number of piperidine rings is 1. The minimum atomic E-state index is -0.309. The predicted molar refractivity (Wildman–Crippen MR) is 142 cm³/mol. The van der Waals surface area contributed by atoms with Gasteiger partial charge in [-0.3, -0.25) is 9.69 Å². The molecule has 3 aromatic rings. The van der Waals surface area contributed by atoms with Crippen molar-refractivity contribution in [1.29, 1.82) is 0 Å². The number of hydrogen-bond acceptors (Lipinski definition) is 6. The van der Waals surface area contributed by atoms with E-state index >= 15 is 0 Å². The molecular weight excluding hydrogens is 497 g/mol. The van der Waals surface area contributed by atoms with E-state index < -0.39 is 0 Å². The van der Waals surface area contributed by atoms with E-state index in [1.165, 1.54) is 47.9 Å². The molecule has 1 amide bonds. The van der Waals surface area contributed by atoms with Crippen LogP contribution < -0.4 is 20.3 Å². The van der Waals surface area contributed by atoms with Gasteiger partial charge in [0.2, 0.25) is 11.8 Å². The first-order valence-electron chi connectivity index (χ1n) is 12.4. The molecule has 3 aliphatic rings. The first-order chi connectivity index (χ1) is 17.6. The zero-order valence-electron chi connectivity index (χ0n) is 19.8. The summed E-state index contributed by atoms with van der Waals surface area (Å²) in [6.45, 7) is 2.12. The highest BCUT2D eigenvalue weighted by molar-refractivity contribution is 6.40. The third kappa shape index (κ3) is 4.75. The summed E-state index contributed by atoms with van der Waals surface area (Å²) >= 11 is 12.6. The predicted octanol–water partition coefficient (Wildman–Crippen LogP) is 5.94. The number of carbonyl (C=O) groups excluding carboxylic acids is 1. The number of fused-ring (bicyclic) bond motifs is 1. The number of anilines is 3. The van der Waals surface area contributed by atoms with E-state index in [-0.39, 0.29) is 24.1 Å². The van der Waals surface area contributed by atoms with Crippen LogP contribution in [0.1, 0.15) is 53.1 Å². The van der Waals surface area contributed by atoms with Gasteiger partial charge in [0.25, 0.3) is 5.91 Å². The number of carbonyl (C=O) groups is 1. The second-order valence-electron chi connectivity index (χ2n) is 9.70. The van der Waals surface area contributed by atoms with Crippen LogP contribution in [0.4, 0.5) is 17.3 Å². The number of amides is 1. The summed E-state index contributed by atoms with van der Waals surface area (Å²) in [4.78, 5) is 23.4. The van der Waals surface area contributed by atoms with Crippen LogP contribution >= 0.6 is 23.2 Å². The van der Waals surface area contributed by atoms with E-state index in [9.17, 15) is 4.79 Å². The molecule has 0 atom stereocenters. The lowest BCUT2D eigenvalue weighted by Crippen LogP contribution is -2.39. The summed E-state index contributed by atoms with van der Waals surface area (Å²) < 4.78 is 5.82. The molecule has 186 valence electrons. The Kier molecular flexibility index (Phi) is 6.46. The number of nitrogens with one attached hydrogen (secondary N) is 2. The standard InChI is InChI=1S/C27H27Cl2N5O2/c28-22-2-1-3-23(29)24(22)34-15-36-25-21(26(34)35)14-31-27(33-25)32-19-6-7-20(17-8-10-30-11-9-17)18(13-19)12-16-4-5-16/h1-3,6-7,13-14,16-17,30H,4-5,8-12,15H2,(H,31,32,33). The molecule has 2 aliphatic heterocycles. The maximum atomic E-state index is 13.2. The molecule has 0 radical (unpaired) electrons. The van der Waals surface area contributed by atoms with Gasteiger partial charge in [0.05, 0.1) is 15.7 Å². The first-order valence-corrected chi connectivity index (χ1v) is 13.2.